The number of oxazole rings is 1. The maximum absolute atomic E-state index is 13.6. The van der Waals surface area contributed by atoms with Crippen LogP contribution in [0, 0.1) is 19.7 Å². The second-order valence-electron chi connectivity index (χ2n) is 4.89. The van der Waals surface area contributed by atoms with E-state index in [1.165, 1.54) is 6.07 Å². The van der Waals surface area contributed by atoms with E-state index in [1.807, 2.05) is 25.1 Å². The number of aromatic nitrogens is 1. The van der Waals surface area contributed by atoms with Crippen molar-refractivity contribution >= 4 is 17.2 Å². The zero-order valence-corrected chi connectivity index (χ0v) is 11.4. The van der Waals surface area contributed by atoms with Crippen LogP contribution in [0.25, 0.3) is 28.6 Å². The summed E-state index contributed by atoms with van der Waals surface area (Å²) in [5.74, 6) is 0.164. The summed E-state index contributed by atoms with van der Waals surface area (Å²) in [6, 6.07) is 8.91. The molecule has 0 radical (unpaired) electrons. The molecule has 0 aliphatic carbocycles. The van der Waals surface area contributed by atoms with Crippen LogP contribution in [-0.2, 0) is 0 Å². The predicted molar refractivity (Wildman–Crippen MR) is 79.0 cm³/mol. The molecule has 0 amide bonds. The molecule has 2 aromatic carbocycles. The van der Waals surface area contributed by atoms with Crippen LogP contribution < -0.4 is 0 Å². The summed E-state index contributed by atoms with van der Waals surface area (Å²) in [6.07, 6.45) is 1.74. The molecule has 0 aliphatic heterocycles. The van der Waals surface area contributed by atoms with Crippen LogP contribution in [-0.4, -0.2) is 4.98 Å². The van der Waals surface area contributed by atoms with Crippen LogP contribution in [0.2, 0.25) is 0 Å². The molecule has 0 fully saturated rings. The van der Waals surface area contributed by atoms with Crippen molar-refractivity contribution in [1.29, 1.82) is 0 Å². The van der Waals surface area contributed by atoms with Gasteiger partial charge in [0, 0.05) is 11.1 Å². The Labute approximate surface area is 116 Å². The number of rotatable bonds is 2. The Morgan fingerprint density at radius 2 is 2.00 bits per heavy atom. The van der Waals surface area contributed by atoms with E-state index in [0.29, 0.717) is 22.6 Å². The largest absolute Gasteiger partial charge is 0.435 e. The Kier molecular flexibility index (Phi) is 2.90. The standard InChI is InChI=1S/C17H14FNO/c1-4-12-7-10(2)8-15-16(12)20-17(19-15)13-6-5-11(3)14(18)9-13/h4-9H,1H2,2-3H3. The first kappa shape index (κ1) is 12.6. The van der Waals surface area contributed by atoms with Gasteiger partial charge >= 0.3 is 0 Å². The highest BCUT2D eigenvalue weighted by Gasteiger charge is 2.12. The van der Waals surface area contributed by atoms with Gasteiger partial charge in [0.2, 0.25) is 5.89 Å². The first-order valence-corrected chi connectivity index (χ1v) is 6.38. The fourth-order valence-electron chi connectivity index (χ4n) is 2.21. The van der Waals surface area contributed by atoms with Crippen LogP contribution in [0.3, 0.4) is 0 Å². The molecule has 3 aromatic rings. The minimum atomic E-state index is -0.259. The van der Waals surface area contributed by atoms with Crippen LogP contribution in [0.1, 0.15) is 16.7 Å². The Hall–Kier alpha value is -2.42. The van der Waals surface area contributed by atoms with Gasteiger partial charge in [-0.2, -0.15) is 0 Å². The zero-order chi connectivity index (χ0) is 14.3. The van der Waals surface area contributed by atoms with Crippen LogP contribution in [0.15, 0.2) is 41.3 Å². The molecule has 2 nitrogen and oxygen atoms in total. The van der Waals surface area contributed by atoms with Gasteiger partial charge < -0.3 is 4.42 Å². The SMILES string of the molecule is C=Cc1cc(C)cc2nc(-c3ccc(C)c(F)c3)oc12. The van der Waals surface area contributed by atoms with Crippen molar-refractivity contribution in [3.05, 3.63) is 59.4 Å². The second kappa shape index (κ2) is 4.60. The average Bonchev–Trinajstić information content (AvgIpc) is 2.84. The molecule has 0 bridgehead atoms. The van der Waals surface area contributed by atoms with Crippen molar-refractivity contribution in [2.75, 3.05) is 0 Å². The summed E-state index contributed by atoms with van der Waals surface area (Å²) < 4.78 is 19.4. The third-order valence-corrected chi connectivity index (χ3v) is 3.30. The minimum absolute atomic E-state index is 0.259. The lowest BCUT2D eigenvalue weighted by atomic mass is 10.1. The zero-order valence-electron chi connectivity index (χ0n) is 11.4. The van der Waals surface area contributed by atoms with Crippen LogP contribution in [0.5, 0.6) is 0 Å². The molecule has 0 unspecified atom stereocenters. The van der Waals surface area contributed by atoms with Crippen molar-refractivity contribution < 1.29 is 8.81 Å². The molecule has 0 spiro atoms. The third-order valence-electron chi connectivity index (χ3n) is 3.30. The van der Waals surface area contributed by atoms with Gasteiger partial charge in [-0.15, -0.1) is 0 Å². The van der Waals surface area contributed by atoms with E-state index in [2.05, 4.69) is 11.6 Å². The Morgan fingerprint density at radius 1 is 1.20 bits per heavy atom. The van der Waals surface area contributed by atoms with E-state index in [9.17, 15) is 4.39 Å². The van der Waals surface area contributed by atoms with E-state index < -0.39 is 0 Å². The monoisotopic (exact) mass is 267 g/mol. The summed E-state index contributed by atoms with van der Waals surface area (Å²) in [6.45, 7) is 7.50. The number of hydrogen-bond donors (Lipinski definition) is 0. The van der Waals surface area contributed by atoms with E-state index >= 15 is 0 Å². The molecule has 0 aliphatic rings. The van der Waals surface area contributed by atoms with Crippen molar-refractivity contribution in [3.63, 3.8) is 0 Å². The Bertz CT molecular complexity index is 817. The first-order chi connectivity index (χ1) is 9.58. The number of benzene rings is 2. The van der Waals surface area contributed by atoms with Gasteiger partial charge in [0.25, 0.3) is 0 Å². The lowest BCUT2D eigenvalue weighted by Crippen LogP contribution is -1.84. The summed E-state index contributed by atoms with van der Waals surface area (Å²) in [4.78, 5) is 4.44. The van der Waals surface area contributed by atoms with E-state index in [4.69, 9.17) is 4.42 Å². The number of aryl methyl sites for hydroxylation is 2. The summed E-state index contributed by atoms with van der Waals surface area (Å²) in [5, 5.41) is 0. The Morgan fingerprint density at radius 3 is 2.70 bits per heavy atom. The number of halogens is 1. The van der Waals surface area contributed by atoms with Gasteiger partial charge in [-0.05, 0) is 49.2 Å². The van der Waals surface area contributed by atoms with Crippen molar-refractivity contribution in [2.45, 2.75) is 13.8 Å². The molecule has 3 heteroatoms. The fraction of sp³-hybridized carbons (Fsp3) is 0.118. The molecule has 0 saturated carbocycles. The van der Waals surface area contributed by atoms with Gasteiger partial charge in [0.15, 0.2) is 5.58 Å². The van der Waals surface area contributed by atoms with Gasteiger partial charge in [-0.25, -0.2) is 9.37 Å². The average molecular weight is 267 g/mol. The van der Waals surface area contributed by atoms with Gasteiger partial charge in [0.05, 0.1) is 0 Å². The van der Waals surface area contributed by atoms with Crippen LogP contribution >= 0.6 is 0 Å². The molecule has 1 aromatic heterocycles. The maximum atomic E-state index is 13.6. The van der Waals surface area contributed by atoms with Crippen molar-refractivity contribution in [3.8, 4) is 11.5 Å². The third kappa shape index (κ3) is 2.01. The molecule has 0 atom stereocenters. The van der Waals surface area contributed by atoms with E-state index in [0.717, 1.165) is 16.6 Å². The van der Waals surface area contributed by atoms with E-state index in [-0.39, 0.29) is 5.82 Å². The van der Waals surface area contributed by atoms with E-state index in [1.54, 1.807) is 19.1 Å². The first-order valence-electron chi connectivity index (χ1n) is 6.38. The highest BCUT2D eigenvalue weighted by Crippen LogP contribution is 2.29. The summed E-state index contributed by atoms with van der Waals surface area (Å²) >= 11 is 0. The molecule has 0 N–H and O–H groups in total. The number of nitrogens with zero attached hydrogens (tertiary/aromatic N) is 1. The number of fused-ring (bicyclic) bond motifs is 1. The Balaban J connectivity index is 2.22. The molecule has 100 valence electrons. The number of hydrogen-bond acceptors (Lipinski definition) is 2. The van der Waals surface area contributed by atoms with Gasteiger partial charge in [0.1, 0.15) is 11.3 Å². The summed E-state index contributed by atoms with van der Waals surface area (Å²) in [5.41, 5.74) is 4.66. The highest BCUT2D eigenvalue weighted by molar-refractivity contribution is 5.85. The summed E-state index contributed by atoms with van der Waals surface area (Å²) in [7, 11) is 0. The quantitative estimate of drug-likeness (QED) is 0.660. The molecule has 0 saturated heterocycles. The molecule has 3 rings (SSSR count). The lowest BCUT2D eigenvalue weighted by molar-refractivity contribution is 0.606. The molecule has 20 heavy (non-hydrogen) atoms. The molecule has 1 heterocycles. The van der Waals surface area contributed by atoms with Gasteiger partial charge in [-0.3, -0.25) is 0 Å². The minimum Gasteiger partial charge on any atom is -0.435 e. The van der Waals surface area contributed by atoms with Gasteiger partial charge in [-0.1, -0.05) is 18.7 Å². The highest BCUT2D eigenvalue weighted by atomic mass is 19.1. The predicted octanol–water partition coefficient (Wildman–Crippen LogP) is 4.89. The molecular formula is C17H14FNO. The topological polar surface area (TPSA) is 26.0 Å². The van der Waals surface area contributed by atoms with Crippen LogP contribution in [0.4, 0.5) is 4.39 Å². The maximum Gasteiger partial charge on any atom is 0.227 e. The molecular weight excluding hydrogens is 253 g/mol. The fourth-order valence-corrected chi connectivity index (χ4v) is 2.21. The van der Waals surface area contributed by atoms with Crippen molar-refractivity contribution in [2.24, 2.45) is 0 Å². The van der Waals surface area contributed by atoms with Crippen molar-refractivity contribution in [1.82, 2.24) is 4.98 Å². The smallest absolute Gasteiger partial charge is 0.227 e. The second-order valence-corrected chi connectivity index (χ2v) is 4.89. The lowest BCUT2D eigenvalue weighted by Gasteiger charge is -1.98. The normalized spacial score (nSPS) is 10.9.